The van der Waals surface area contributed by atoms with Gasteiger partial charge < -0.3 is 26.0 Å². The number of aliphatic carboxylic acids is 1. The number of carboxylic acid groups (broad SMARTS) is 1. The number of benzene rings is 3. The molecule has 0 saturated carbocycles. The van der Waals surface area contributed by atoms with Gasteiger partial charge in [-0.3, -0.25) is 0 Å². The van der Waals surface area contributed by atoms with E-state index in [0.29, 0.717) is 29.1 Å². The average Bonchev–Trinajstić information content (AvgIpc) is 2.84. The Labute approximate surface area is 217 Å². The lowest BCUT2D eigenvalue weighted by Crippen LogP contribution is -2.10. The van der Waals surface area contributed by atoms with Crippen molar-refractivity contribution in [3.8, 4) is 11.5 Å². The van der Waals surface area contributed by atoms with E-state index in [9.17, 15) is 27.9 Å². The van der Waals surface area contributed by atoms with Crippen molar-refractivity contribution in [2.24, 2.45) is 0 Å². The molecule has 0 fully saturated rings. The summed E-state index contributed by atoms with van der Waals surface area (Å²) in [5, 5.41) is 9.59. The second-order valence-corrected chi connectivity index (χ2v) is 8.53. The maximum Gasteiger partial charge on any atom is 0.389 e. The highest BCUT2D eigenvalue weighted by molar-refractivity contribution is 5.93. The number of carbonyl (C=O) groups excluding carboxylic acids is 1. The first-order valence-corrected chi connectivity index (χ1v) is 11.7. The first-order chi connectivity index (χ1) is 18.0. The number of esters is 1. The van der Waals surface area contributed by atoms with Gasteiger partial charge in [-0.05, 0) is 91.1 Å². The van der Waals surface area contributed by atoms with Crippen LogP contribution in [0.15, 0.2) is 72.3 Å². The van der Waals surface area contributed by atoms with Crippen molar-refractivity contribution in [2.45, 2.75) is 31.9 Å². The van der Waals surface area contributed by atoms with Crippen molar-refractivity contribution in [1.82, 2.24) is 0 Å². The minimum Gasteiger partial charge on any atom is -0.494 e. The first kappa shape index (κ1) is 28.1. The Morgan fingerprint density at radius 1 is 0.895 bits per heavy atom. The topological polar surface area (TPSA) is 125 Å². The summed E-state index contributed by atoms with van der Waals surface area (Å²) < 4.78 is 47.1. The second kappa shape index (κ2) is 12.7. The Morgan fingerprint density at radius 3 is 2.08 bits per heavy atom. The molecule has 3 rings (SSSR count). The summed E-state index contributed by atoms with van der Waals surface area (Å²) in [6.45, 7) is -0.0848. The molecule has 3 aromatic carbocycles. The smallest absolute Gasteiger partial charge is 0.389 e. The molecule has 3 aromatic rings. The molecule has 38 heavy (non-hydrogen) atoms. The quantitative estimate of drug-likeness (QED) is 0.0931. The lowest BCUT2D eigenvalue weighted by molar-refractivity contribution is -0.136. The zero-order valence-corrected chi connectivity index (χ0v) is 20.3. The van der Waals surface area contributed by atoms with Gasteiger partial charge in [0.25, 0.3) is 0 Å². The summed E-state index contributed by atoms with van der Waals surface area (Å²) in [7, 11) is 0. The van der Waals surface area contributed by atoms with E-state index in [1.165, 1.54) is 42.5 Å². The molecule has 0 saturated heterocycles. The van der Waals surface area contributed by atoms with Crippen molar-refractivity contribution in [3.05, 3.63) is 89.0 Å². The molecule has 0 spiro atoms. The first-order valence-electron chi connectivity index (χ1n) is 11.7. The highest BCUT2D eigenvalue weighted by Gasteiger charge is 2.26. The van der Waals surface area contributed by atoms with Gasteiger partial charge in [0.15, 0.2) is 0 Å². The van der Waals surface area contributed by atoms with Crippen molar-refractivity contribution in [1.29, 1.82) is 0 Å². The Hall–Kier alpha value is -4.47. The standard InChI is InChI=1S/C28H27F3N2O5/c29-28(30,31)12-1-13-37-24-8-10-25(11-9-24)38-27(36)20-5-2-18(3-6-20)14-21(26(34)35)7-4-19-15-22(32)17-23(33)16-19/h2-3,5-6,8-11,14-17H,1,4,7,12-13,32-33H2,(H,34,35). The van der Waals surface area contributed by atoms with Crippen LogP contribution in [0.1, 0.15) is 40.7 Å². The van der Waals surface area contributed by atoms with E-state index < -0.39 is 24.5 Å². The number of carbonyl (C=O) groups is 2. The molecule has 0 unspecified atom stereocenters. The van der Waals surface area contributed by atoms with Crippen LogP contribution in [-0.2, 0) is 11.2 Å². The molecule has 0 radical (unpaired) electrons. The molecule has 0 amide bonds. The molecule has 0 bridgehead atoms. The predicted molar refractivity (Wildman–Crippen MR) is 138 cm³/mol. The lowest BCUT2D eigenvalue weighted by Gasteiger charge is -2.09. The molecule has 0 heterocycles. The molecule has 0 aliphatic heterocycles. The monoisotopic (exact) mass is 528 g/mol. The fraction of sp³-hybridized carbons (Fsp3) is 0.214. The van der Waals surface area contributed by atoms with Crippen LogP contribution in [0.4, 0.5) is 24.5 Å². The number of halogens is 3. The molecule has 0 aromatic heterocycles. The van der Waals surface area contributed by atoms with Crippen molar-refractivity contribution in [2.75, 3.05) is 18.1 Å². The van der Waals surface area contributed by atoms with Gasteiger partial charge in [-0.25, -0.2) is 9.59 Å². The number of carboxylic acids is 1. The molecular formula is C28H27F3N2O5. The van der Waals surface area contributed by atoms with E-state index >= 15 is 0 Å². The van der Waals surface area contributed by atoms with Crippen LogP contribution in [0.25, 0.3) is 6.08 Å². The van der Waals surface area contributed by atoms with Crippen LogP contribution >= 0.6 is 0 Å². The molecular weight excluding hydrogens is 501 g/mol. The largest absolute Gasteiger partial charge is 0.494 e. The molecule has 10 heteroatoms. The van der Waals surface area contributed by atoms with Gasteiger partial charge in [-0.1, -0.05) is 12.1 Å². The number of ether oxygens (including phenoxy) is 2. The fourth-order valence-electron chi connectivity index (χ4n) is 3.56. The lowest BCUT2D eigenvalue weighted by atomic mass is 10.0. The summed E-state index contributed by atoms with van der Waals surface area (Å²) in [4.78, 5) is 24.2. The van der Waals surface area contributed by atoms with E-state index in [1.807, 2.05) is 0 Å². The SMILES string of the molecule is Nc1cc(N)cc(CCC(=Cc2ccc(C(=O)Oc3ccc(OCCCC(F)(F)F)cc3)cc2)C(=O)O)c1. The third-order valence-electron chi connectivity index (χ3n) is 5.39. The van der Waals surface area contributed by atoms with Crippen LogP contribution in [0, 0.1) is 0 Å². The van der Waals surface area contributed by atoms with Crippen LogP contribution in [-0.4, -0.2) is 29.8 Å². The Morgan fingerprint density at radius 2 is 1.50 bits per heavy atom. The molecule has 7 nitrogen and oxygen atoms in total. The van der Waals surface area contributed by atoms with Gasteiger partial charge in [0.1, 0.15) is 11.5 Å². The number of nitrogens with two attached hydrogens (primary N) is 2. The molecule has 200 valence electrons. The Bertz CT molecular complexity index is 1270. The Kier molecular flexibility index (Phi) is 9.37. The highest BCUT2D eigenvalue weighted by atomic mass is 19.4. The summed E-state index contributed by atoms with van der Waals surface area (Å²) in [6, 6.07) is 17.3. The Balaban J connectivity index is 1.56. The number of hydrogen-bond donors (Lipinski definition) is 3. The van der Waals surface area contributed by atoms with Gasteiger partial charge in [-0.2, -0.15) is 13.2 Å². The number of alkyl halides is 3. The minimum atomic E-state index is -4.22. The van der Waals surface area contributed by atoms with E-state index in [-0.39, 0.29) is 36.3 Å². The maximum atomic E-state index is 12.5. The van der Waals surface area contributed by atoms with Gasteiger partial charge in [0.2, 0.25) is 0 Å². The number of nitrogen functional groups attached to an aromatic ring is 2. The van der Waals surface area contributed by atoms with Crippen molar-refractivity contribution >= 4 is 29.4 Å². The summed E-state index contributed by atoms with van der Waals surface area (Å²) in [6.07, 6.45) is -3.08. The van der Waals surface area contributed by atoms with Crippen LogP contribution in [0.5, 0.6) is 11.5 Å². The van der Waals surface area contributed by atoms with Crippen LogP contribution in [0.3, 0.4) is 0 Å². The minimum absolute atomic E-state index is 0.0848. The van der Waals surface area contributed by atoms with Gasteiger partial charge >= 0.3 is 18.1 Å². The number of aryl methyl sites for hydroxylation is 1. The van der Waals surface area contributed by atoms with E-state index in [1.54, 1.807) is 30.3 Å². The van der Waals surface area contributed by atoms with Gasteiger partial charge in [0.05, 0.1) is 12.2 Å². The highest BCUT2D eigenvalue weighted by Crippen LogP contribution is 2.23. The van der Waals surface area contributed by atoms with Gasteiger partial charge in [-0.15, -0.1) is 0 Å². The average molecular weight is 529 g/mol. The summed E-state index contributed by atoms with van der Waals surface area (Å²) in [5.41, 5.74) is 14.5. The summed E-state index contributed by atoms with van der Waals surface area (Å²) in [5.74, 6) is -1.09. The van der Waals surface area contributed by atoms with Crippen LogP contribution in [0.2, 0.25) is 0 Å². The van der Waals surface area contributed by atoms with Crippen molar-refractivity contribution in [3.63, 3.8) is 0 Å². The molecule has 0 aliphatic carbocycles. The molecule has 5 N–H and O–H groups in total. The number of hydrogen-bond acceptors (Lipinski definition) is 6. The fourth-order valence-corrected chi connectivity index (χ4v) is 3.56. The molecule has 0 aliphatic rings. The maximum absolute atomic E-state index is 12.5. The zero-order valence-electron chi connectivity index (χ0n) is 20.3. The number of rotatable bonds is 11. The summed E-state index contributed by atoms with van der Waals surface area (Å²) >= 11 is 0. The third kappa shape index (κ3) is 9.20. The van der Waals surface area contributed by atoms with Gasteiger partial charge in [0, 0.05) is 23.4 Å². The van der Waals surface area contributed by atoms with E-state index in [0.717, 1.165) is 5.56 Å². The number of anilines is 2. The third-order valence-corrected chi connectivity index (χ3v) is 5.39. The van der Waals surface area contributed by atoms with E-state index in [2.05, 4.69) is 0 Å². The normalized spacial score (nSPS) is 11.7. The zero-order chi connectivity index (χ0) is 27.7. The second-order valence-electron chi connectivity index (χ2n) is 8.53. The van der Waals surface area contributed by atoms with Crippen LogP contribution < -0.4 is 20.9 Å². The molecule has 0 atom stereocenters. The van der Waals surface area contributed by atoms with Crippen molar-refractivity contribution < 1.29 is 37.3 Å². The predicted octanol–water partition coefficient (Wildman–Crippen LogP) is 5.89. The van der Waals surface area contributed by atoms with E-state index in [4.69, 9.17) is 20.9 Å².